The monoisotopic (exact) mass is 303 g/mol. The normalized spacial score (nSPS) is 52.7. The van der Waals surface area contributed by atoms with Gasteiger partial charge in [-0.3, -0.25) is 4.79 Å². The van der Waals surface area contributed by atoms with Crippen LogP contribution < -0.4 is 0 Å². The number of fused-ring (bicyclic) bond motifs is 3. The number of hydrogen-bond acceptors (Lipinski definition) is 4. The summed E-state index contributed by atoms with van der Waals surface area (Å²) in [6.45, 7) is 0. The van der Waals surface area contributed by atoms with Crippen molar-refractivity contribution in [2.75, 3.05) is 5.75 Å². The molecular weight excluding hydrogens is 294 g/mol. The van der Waals surface area contributed by atoms with E-state index >= 15 is 0 Å². The van der Waals surface area contributed by atoms with E-state index in [0.29, 0.717) is 21.1 Å². The van der Waals surface area contributed by atoms with Gasteiger partial charge in [-0.2, -0.15) is 17.0 Å². The fraction of sp³-hybridized carbons (Fsp3) is 0.800. The molecule has 3 rings (SSSR count). The summed E-state index contributed by atoms with van der Waals surface area (Å²) in [5.41, 5.74) is 0. The minimum Gasteiger partial charge on any atom is -0.299 e. The molecule has 3 aliphatic rings. The number of rotatable bonds is 0. The van der Waals surface area contributed by atoms with Crippen molar-refractivity contribution in [1.82, 2.24) is 0 Å². The predicted octanol–water partition coefficient (Wildman–Crippen LogP) is 2.08. The average Bonchev–Trinajstić information content (AvgIpc) is 2.84. The molecule has 2 saturated heterocycles. The van der Waals surface area contributed by atoms with Crippen molar-refractivity contribution in [3.8, 4) is 6.07 Å². The summed E-state index contributed by atoms with van der Waals surface area (Å²) >= 11 is 7.27. The first kappa shape index (κ1) is 10.5. The Bertz CT molecular complexity index is 356. The molecule has 2 aliphatic heterocycles. The number of hydrogen-bond donors (Lipinski definition) is 0. The van der Waals surface area contributed by atoms with E-state index in [1.165, 1.54) is 0 Å². The molecule has 2 nitrogen and oxygen atoms in total. The molecule has 1 saturated carbocycles. The third-order valence-electron chi connectivity index (χ3n) is 3.54. The standard InChI is InChI=1S/C10H10BrNOS2/c11-6-3-14-10-7(6)8(13)5-1-4(2-12)15-9(5)10/h4-7,9-10H,1,3H2. The Morgan fingerprint density at radius 1 is 1.47 bits per heavy atom. The first-order valence-electron chi connectivity index (χ1n) is 5.07. The molecule has 6 atom stereocenters. The van der Waals surface area contributed by atoms with Gasteiger partial charge in [-0.25, -0.2) is 0 Å². The lowest BCUT2D eigenvalue weighted by Gasteiger charge is -2.14. The molecule has 0 amide bonds. The molecule has 15 heavy (non-hydrogen) atoms. The van der Waals surface area contributed by atoms with Crippen LogP contribution in [0.1, 0.15) is 6.42 Å². The molecule has 0 aromatic rings. The molecule has 0 N–H and O–H groups in total. The summed E-state index contributed by atoms with van der Waals surface area (Å²) in [5, 5.41) is 9.84. The Morgan fingerprint density at radius 3 is 3.00 bits per heavy atom. The highest BCUT2D eigenvalue weighted by molar-refractivity contribution is 9.09. The Balaban J connectivity index is 1.88. The summed E-state index contributed by atoms with van der Waals surface area (Å²) in [4.78, 5) is 12.5. The smallest absolute Gasteiger partial charge is 0.142 e. The SMILES string of the molecule is N#CC1CC2C(=O)C3C(Br)CSC3C2S1. The molecule has 80 valence electrons. The Morgan fingerprint density at radius 2 is 2.27 bits per heavy atom. The average molecular weight is 304 g/mol. The Hall–Kier alpha value is 0.340. The number of alkyl halides is 1. The van der Waals surface area contributed by atoms with E-state index in [9.17, 15) is 4.79 Å². The van der Waals surface area contributed by atoms with Gasteiger partial charge in [0.25, 0.3) is 0 Å². The fourth-order valence-corrected chi connectivity index (χ4v) is 7.59. The number of thioether (sulfide) groups is 2. The zero-order valence-corrected chi connectivity index (χ0v) is 11.1. The van der Waals surface area contributed by atoms with E-state index in [4.69, 9.17) is 5.26 Å². The fourth-order valence-electron chi connectivity index (χ4n) is 2.88. The molecule has 0 aromatic carbocycles. The van der Waals surface area contributed by atoms with Crippen LogP contribution in [0.3, 0.4) is 0 Å². The number of carbonyl (C=O) groups is 1. The van der Waals surface area contributed by atoms with E-state index in [-0.39, 0.29) is 17.1 Å². The summed E-state index contributed by atoms with van der Waals surface area (Å²) in [7, 11) is 0. The Kier molecular flexibility index (Phi) is 2.57. The number of carbonyl (C=O) groups excluding carboxylic acids is 1. The second-order valence-corrected chi connectivity index (χ2v) is 8.08. The predicted molar refractivity (Wildman–Crippen MR) is 66.3 cm³/mol. The number of Topliss-reactive ketones (excluding diaryl/α,β-unsaturated/α-hetero) is 1. The van der Waals surface area contributed by atoms with Crippen LogP contribution in [-0.2, 0) is 4.79 Å². The van der Waals surface area contributed by atoms with Crippen molar-refractivity contribution in [1.29, 1.82) is 5.26 Å². The van der Waals surface area contributed by atoms with E-state index in [2.05, 4.69) is 22.0 Å². The van der Waals surface area contributed by atoms with Crippen LogP contribution >= 0.6 is 39.5 Å². The number of nitrogens with zero attached hydrogens (tertiary/aromatic N) is 1. The van der Waals surface area contributed by atoms with Crippen LogP contribution in [0.5, 0.6) is 0 Å². The van der Waals surface area contributed by atoms with Gasteiger partial charge in [0.15, 0.2) is 0 Å². The maximum atomic E-state index is 12.2. The summed E-state index contributed by atoms with van der Waals surface area (Å²) in [6.07, 6.45) is 0.790. The van der Waals surface area contributed by atoms with E-state index in [1.807, 2.05) is 11.8 Å². The molecule has 5 heteroatoms. The van der Waals surface area contributed by atoms with Gasteiger partial charge in [0, 0.05) is 32.9 Å². The highest BCUT2D eigenvalue weighted by Gasteiger charge is 2.59. The summed E-state index contributed by atoms with van der Waals surface area (Å²) in [5.74, 6) is 1.85. The zero-order valence-electron chi connectivity index (χ0n) is 7.93. The van der Waals surface area contributed by atoms with Crippen molar-refractivity contribution in [3.05, 3.63) is 0 Å². The third-order valence-corrected chi connectivity index (χ3v) is 8.12. The maximum Gasteiger partial charge on any atom is 0.142 e. The third kappa shape index (κ3) is 1.41. The van der Waals surface area contributed by atoms with E-state index in [0.717, 1.165) is 12.2 Å². The molecule has 3 fully saturated rings. The second kappa shape index (κ2) is 3.68. The first-order valence-corrected chi connectivity index (χ1v) is 7.97. The number of halogens is 1. The molecule has 0 spiro atoms. The molecule has 1 aliphatic carbocycles. The molecule has 0 aromatic heterocycles. The highest BCUT2D eigenvalue weighted by atomic mass is 79.9. The van der Waals surface area contributed by atoms with Crippen molar-refractivity contribution >= 4 is 45.2 Å². The lowest BCUT2D eigenvalue weighted by molar-refractivity contribution is -0.123. The topological polar surface area (TPSA) is 40.9 Å². The zero-order chi connectivity index (χ0) is 10.6. The van der Waals surface area contributed by atoms with Crippen LogP contribution in [0.2, 0.25) is 0 Å². The Labute approximate surface area is 106 Å². The van der Waals surface area contributed by atoms with Crippen molar-refractivity contribution in [2.24, 2.45) is 11.8 Å². The molecule has 0 radical (unpaired) electrons. The lowest BCUT2D eigenvalue weighted by atomic mass is 9.97. The maximum absolute atomic E-state index is 12.2. The van der Waals surface area contributed by atoms with Gasteiger partial charge in [-0.05, 0) is 6.42 Å². The van der Waals surface area contributed by atoms with E-state index < -0.39 is 0 Å². The van der Waals surface area contributed by atoms with Crippen molar-refractivity contribution in [3.63, 3.8) is 0 Å². The van der Waals surface area contributed by atoms with Crippen LogP contribution in [0, 0.1) is 23.2 Å². The lowest BCUT2D eigenvalue weighted by Crippen LogP contribution is -2.24. The largest absolute Gasteiger partial charge is 0.299 e. The van der Waals surface area contributed by atoms with Crippen molar-refractivity contribution in [2.45, 2.75) is 27.0 Å². The van der Waals surface area contributed by atoms with Crippen LogP contribution in [0.25, 0.3) is 0 Å². The van der Waals surface area contributed by atoms with Gasteiger partial charge in [-0.15, -0.1) is 11.8 Å². The second-order valence-electron chi connectivity index (χ2n) is 4.30. The van der Waals surface area contributed by atoms with Gasteiger partial charge in [0.2, 0.25) is 0 Å². The molecule has 2 heterocycles. The van der Waals surface area contributed by atoms with Crippen molar-refractivity contribution < 1.29 is 4.79 Å². The summed E-state index contributed by atoms with van der Waals surface area (Å²) in [6, 6.07) is 2.29. The summed E-state index contributed by atoms with van der Waals surface area (Å²) < 4.78 is 0. The van der Waals surface area contributed by atoms with Gasteiger partial charge >= 0.3 is 0 Å². The van der Waals surface area contributed by atoms with Crippen LogP contribution in [0.15, 0.2) is 0 Å². The van der Waals surface area contributed by atoms with Gasteiger partial charge in [-0.1, -0.05) is 15.9 Å². The van der Waals surface area contributed by atoms with E-state index in [1.54, 1.807) is 11.8 Å². The van der Waals surface area contributed by atoms with Crippen LogP contribution in [-0.4, -0.2) is 32.1 Å². The first-order chi connectivity index (χ1) is 7.22. The van der Waals surface area contributed by atoms with Gasteiger partial charge in [0.1, 0.15) is 5.78 Å². The molecular formula is C10H10BrNOS2. The van der Waals surface area contributed by atoms with Gasteiger partial charge < -0.3 is 0 Å². The minimum atomic E-state index is 0.0554. The number of ketones is 1. The quantitative estimate of drug-likeness (QED) is 0.643. The molecule has 6 unspecified atom stereocenters. The minimum absolute atomic E-state index is 0.0554. The number of nitriles is 1. The highest BCUT2D eigenvalue weighted by Crippen LogP contribution is 2.56. The van der Waals surface area contributed by atoms with Crippen LogP contribution in [0.4, 0.5) is 0 Å². The van der Waals surface area contributed by atoms with Gasteiger partial charge in [0.05, 0.1) is 11.3 Å². The molecule has 0 bridgehead atoms.